The summed E-state index contributed by atoms with van der Waals surface area (Å²) in [5.41, 5.74) is 1.36. The smallest absolute Gasteiger partial charge is 0.235 e. The Kier molecular flexibility index (Phi) is 4.88. The quantitative estimate of drug-likeness (QED) is 0.929. The fourth-order valence-corrected chi connectivity index (χ4v) is 4.01. The van der Waals surface area contributed by atoms with Crippen LogP contribution in [-0.4, -0.2) is 26.6 Å². The lowest BCUT2D eigenvalue weighted by molar-refractivity contribution is -0.116. The van der Waals surface area contributed by atoms with Gasteiger partial charge in [0.2, 0.25) is 15.9 Å². The first kappa shape index (κ1) is 15.8. The van der Waals surface area contributed by atoms with Crippen LogP contribution in [0.15, 0.2) is 24.3 Å². The summed E-state index contributed by atoms with van der Waals surface area (Å²) >= 11 is 0. The molecule has 21 heavy (non-hydrogen) atoms. The highest BCUT2D eigenvalue weighted by Gasteiger charge is 2.25. The second-order valence-electron chi connectivity index (χ2n) is 5.79. The molecule has 0 aromatic heterocycles. The summed E-state index contributed by atoms with van der Waals surface area (Å²) in [6, 6.07) is 6.98. The van der Waals surface area contributed by atoms with Crippen LogP contribution in [0.1, 0.15) is 33.1 Å². The number of carbonyl (C=O) groups excluding carboxylic acids is 1. The van der Waals surface area contributed by atoms with Crippen LogP contribution < -0.4 is 9.62 Å². The molecule has 1 N–H and O–H groups in total. The van der Waals surface area contributed by atoms with Gasteiger partial charge in [0.1, 0.15) is 0 Å². The van der Waals surface area contributed by atoms with Crippen molar-refractivity contribution in [1.29, 1.82) is 0 Å². The van der Waals surface area contributed by atoms with Crippen molar-refractivity contribution in [2.75, 3.05) is 21.9 Å². The third-order valence-corrected chi connectivity index (χ3v) is 5.25. The Balaban J connectivity index is 2.07. The molecule has 1 aliphatic rings. The van der Waals surface area contributed by atoms with Gasteiger partial charge in [0, 0.05) is 18.7 Å². The summed E-state index contributed by atoms with van der Waals surface area (Å²) in [5, 5.41) is 2.82. The summed E-state index contributed by atoms with van der Waals surface area (Å²) in [6.45, 7) is 4.51. The standard InChI is InChI=1S/C15H22N2O3S/c1-12(2)11-15(18)16-13-5-7-14(8-6-13)17-9-3-4-10-21(17,19)20/h5-8,12H,3-4,9-11H2,1-2H3,(H,16,18). The molecular weight excluding hydrogens is 288 g/mol. The predicted molar refractivity (Wildman–Crippen MR) is 84.9 cm³/mol. The van der Waals surface area contributed by atoms with Gasteiger partial charge < -0.3 is 5.32 Å². The van der Waals surface area contributed by atoms with Crippen molar-refractivity contribution in [1.82, 2.24) is 0 Å². The van der Waals surface area contributed by atoms with Crippen molar-refractivity contribution < 1.29 is 13.2 Å². The van der Waals surface area contributed by atoms with Crippen LogP contribution in [-0.2, 0) is 14.8 Å². The van der Waals surface area contributed by atoms with Gasteiger partial charge in [0.05, 0.1) is 11.4 Å². The maximum atomic E-state index is 12.0. The topological polar surface area (TPSA) is 66.5 Å². The van der Waals surface area contributed by atoms with Crippen molar-refractivity contribution >= 4 is 27.3 Å². The van der Waals surface area contributed by atoms with Crippen molar-refractivity contribution in [2.45, 2.75) is 33.1 Å². The average Bonchev–Trinajstić information content (AvgIpc) is 2.38. The van der Waals surface area contributed by atoms with Crippen molar-refractivity contribution in [3.63, 3.8) is 0 Å². The molecule has 0 bridgehead atoms. The highest BCUT2D eigenvalue weighted by molar-refractivity contribution is 7.92. The second-order valence-corrected chi connectivity index (χ2v) is 7.80. The Morgan fingerprint density at radius 3 is 2.48 bits per heavy atom. The number of nitrogens with zero attached hydrogens (tertiary/aromatic N) is 1. The lowest BCUT2D eigenvalue weighted by Crippen LogP contribution is -2.37. The maximum absolute atomic E-state index is 12.0. The van der Waals surface area contributed by atoms with E-state index in [0.29, 0.717) is 30.3 Å². The van der Waals surface area contributed by atoms with Gasteiger partial charge >= 0.3 is 0 Å². The summed E-state index contributed by atoms with van der Waals surface area (Å²) < 4.78 is 25.5. The molecule has 0 aliphatic carbocycles. The number of carbonyl (C=O) groups is 1. The van der Waals surface area contributed by atoms with Gasteiger partial charge in [-0.25, -0.2) is 8.42 Å². The van der Waals surface area contributed by atoms with Gasteiger partial charge in [0.15, 0.2) is 0 Å². The Morgan fingerprint density at radius 1 is 1.24 bits per heavy atom. The molecule has 0 spiro atoms. The lowest BCUT2D eigenvalue weighted by atomic mass is 10.1. The molecule has 0 unspecified atom stereocenters. The van der Waals surface area contributed by atoms with E-state index in [-0.39, 0.29) is 11.7 Å². The summed E-state index contributed by atoms with van der Waals surface area (Å²) in [6.07, 6.45) is 2.08. The number of rotatable bonds is 4. The Morgan fingerprint density at radius 2 is 1.90 bits per heavy atom. The fraction of sp³-hybridized carbons (Fsp3) is 0.533. The summed E-state index contributed by atoms with van der Waals surface area (Å²) in [5.74, 6) is 0.492. The largest absolute Gasteiger partial charge is 0.326 e. The number of amides is 1. The van der Waals surface area contributed by atoms with Crippen LogP contribution in [0, 0.1) is 5.92 Å². The Bertz CT molecular complexity index is 594. The summed E-state index contributed by atoms with van der Waals surface area (Å²) in [4.78, 5) is 11.7. The van der Waals surface area contributed by atoms with E-state index in [4.69, 9.17) is 0 Å². The molecule has 0 radical (unpaired) electrons. The van der Waals surface area contributed by atoms with E-state index in [1.807, 2.05) is 13.8 Å². The molecule has 1 aliphatic heterocycles. The average molecular weight is 310 g/mol. The fourth-order valence-electron chi connectivity index (χ4n) is 2.37. The number of nitrogens with one attached hydrogen (secondary N) is 1. The molecule has 1 amide bonds. The number of anilines is 2. The van der Waals surface area contributed by atoms with E-state index in [1.54, 1.807) is 24.3 Å². The molecule has 6 heteroatoms. The van der Waals surface area contributed by atoms with E-state index < -0.39 is 10.0 Å². The zero-order valence-electron chi connectivity index (χ0n) is 12.5. The van der Waals surface area contributed by atoms with Gasteiger partial charge in [-0.3, -0.25) is 9.10 Å². The van der Waals surface area contributed by atoms with Crippen LogP contribution in [0.4, 0.5) is 11.4 Å². The van der Waals surface area contributed by atoms with Gasteiger partial charge in [0.25, 0.3) is 0 Å². The molecule has 1 heterocycles. The Hall–Kier alpha value is -1.56. The number of hydrogen-bond donors (Lipinski definition) is 1. The normalized spacial score (nSPS) is 17.8. The van der Waals surface area contributed by atoms with Crippen LogP contribution in [0.5, 0.6) is 0 Å². The third-order valence-electron chi connectivity index (χ3n) is 3.38. The van der Waals surface area contributed by atoms with E-state index in [1.165, 1.54) is 4.31 Å². The first-order valence-corrected chi connectivity index (χ1v) is 8.90. The first-order chi connectivity index (χ1) is 9.88. The molecule has 1 saturated heterocycles. The minimum Gasteiger partial charge on any atom is -0.326 e. The van der Waals surface area contributed by atoms with Gasteiger partial charge in [-0.05, 0) is 43.0 Å². The van der Waals surface area contributed by atoms with Crippen molar-refractivity contribution in [3.05, 3.63) is 24.3 Å². The molecule has 2 rings (SSSR count). The molecule has 1 fully saturated rings. The number of hydrogen-bond acceptors (Lipinski definition) is 3. The highest BCUT2D eigenvalue weighted by Crippen LogP contribution is 2.25. The molecule has 1 aromatic rings. The SMILES string of the molecule is CC(C)CC(=O)Nc1ccc(N2CCCCS2(=O)=O)cc1. The molecule has 0 saturated carbocycles. The van der Waals surface area contributed by atoms with Gasteiger partial charge in [-0.1, -0.05) is 13.8 Å². The minimum absolute atomic E-state index is 0.0247. The summed E-state index contributed by atoms with van der Waals surface area (Å²) in [7, 11) is -3.18. The zero-order valence-corrected chi connectivity index (χ0v) is 13.3. The van der Waals surface area contributed by atoms with E-state index in [0.717, 1.165) is 12.8 Å². The van der Waals surface area contributed by atoms with Crippen molar-refractivity contribution in [2.24, 2.45) is 5.92 Å². The predicted octanol–water partition coefficient (Wildman–Crippen LogP) is 2.60. The van der Waals surface area contributed by atoms with Crippen molar-refractivity contribution in [3.8, 4) is 0 Å². The van der Waals surface area contributed by atoms with E-state index in [9.17, 15) is 13.2 Å². The van der Waals surface area contributed by atoms with Gasteiger partial charge in [-0.2, -0.15) is 0 Å². The minimum atomic E-state index is -3.18. The molecule has 1 aromatic carbocycles. The highest BCUT2D eigenvalue weighted by atomic mass is 32.2. The van der Waals surface area contributed by atoms with Crippen LogP contribution in [0.25, 0.3) is 0 Å². The number of benzene rings is 1. The first-order valence-electron chi connectivity index (χ1n) is 7.29. The molecule has 0 atom stereocenters. The van der Waals surface area contributed by atoms with Crippen LogP contribution >= 0.6 is 0 Å². The molecule has 5 nitrogen and oxygen atoms in total. The van der Waals surface area contributed by atoms with E-state index in [2.05, 4.69) is 5.32 Å². The monoisotopic (exact) mass is 310 g/mol. The molecular formula is C15H22N2O3S. The van der Waals surface area contributed by atoms with Gasteiger partial charge in [-0.15, -0.1) is 0 Å². The van der Waals surface area contributed by atoms with E-state index >= 15 is 0 Å². The van der Waals surface area contributed by atoms with Crippen LogP contribution in [0.3, 0.4) is 0 Å². The zero-order chi connectivity index (χ0) is 15.5. The Labute approximate surface area is 126 Å². The van der Waals surface area contributed by atoms with Crippen LogP contribution in [0.2, 0.25) is 0 Å². The second kappa shape index (κ2) is 6.47. The maximum Gasteiger partial charge on any atom is 0.235 e. The third kappa shape index (κ3) is 4.20. The molecule has 116 valence electrons. The number of sulfonamides is 1. The lowest BCUT2D eigenvalue weighted by Gasteiger charge is -2.28.